The Morgan fingerprint density at radius 1 is 0.822 bits per heavy atom. The number of aromatic nitrogens is 4. The molecule has 420 valence electrons. The molecule has 0 spiro atoms. The number of amides is 2. The summed E-state index contributed by atoms with van der Waals surface area (Å²) in [6.45, 7) is 5.26. The SMILES string of the molecule is CCCCCCCC(C)CCCCCCCCCCCCCCC(=O)SCCNC(=O)CCNC(=O)C(O)C(C)(C)COP(=O)(O)OP(=O)(O)OCC1OC(n2cnc3c(N)ncnc32)C(O)C1OP(=O)(O)O. The van der Waals surface area contributed by atoms with Crippen LogP contribution in [0.4, 0.5) is 5.82 Å². The van der Waals surface area contributed by atoms with Crippen LogP contribution in [0.25, 0.3) is 11.2 Å². The number of carbonyl (C=O) groups is 3. The monoisotopic (exact) mass is 1120 g/mol. The minimum atomic E-state index is -5.58. The number of rotatable bonds is 40. The van der Waals surface area contributed by atoms with Gasteiger partial charge >= 0.3 is 23.5 Å². The van der Waals surface area contributed by atoms with Crippen LogP contribution in [0.3, 0.4) is 0 Å². The number of hydrogen-bond donors (Lipinski definition) is 9. The number of imidazole rings is 1. The number of phosphoric ester groups is 3. The van der Waals surface area contributed by atoms with E-state index < -0.39 is 84.6 Å². The molecule has 1 fully saturated rings. The van der Waals surface area contributed by atoms with E-state index in [1.165, 1.54) is 117 Å². The van der Waals surface area contributed by atoms with E-state index in [9.17, 15) is 57.9 Å². The van der Waals surface area contributed by atoms with Crippen molar-refractivity contribution < 1.29 is 80.5 Å². The molecule has 28 heteroatoms. The van der Waals surface area contributed by atoms with Gasteiger partial charge in [-0.25, -0.2) is 28.6 Å². The zero-order valence-corrected chi connectivity index (χ0v) is 46.3. The van der Waals surface area contributed by atoms with Crippen LogP contribution < -0.4 is 16.4 Å². The molecule has 2 aromatic heterocycles. The number of nitrogen functional groups attached to an aromatic ring is 1. The van der Waals surface area contributed by atoms with Crippen molar-refractivity contribution in [2.75, 3.05) is 37.8 Å². The Morgan fingerprint density at radius 3 is 2.00 bits per heavy atom. The number of ether oxygens (including phenoxy) is 1. The first-order valence-corrected chi connectivity index (χ1v) is 31.0. The molecule has 3 rings (SSSR count). The highest BCUT2D eigenvalue weighted by molar-refractivity contribution is 8.13. The van der Waals surface area contributed by atoms with E-state index in [4.69, 9.17) is 19.5 Å². The average Bonchev–Trinajstić information content (AvgIpc) is 3.88. The summed E-state index contributed by atoms with van der Waals surface area (Å²) < 4.78 is 62.5. The van der Waals surface area contributed by atoms with Crippen molar-refractivity contribution in [2.24, 2.45) is 11.3 Å². The van der Waals surface area contributed by atoms with Crippen LogP contribution in [-0.2, 0) is 50.7 Å². The van der Waals surface area contributed by atoms with Gasteiger partial charge in [0.05, 0.1) is 19.5 Å². The number of thioether (sulfide) groups is 1. The largest absolute Gasteiger partial charge is 0.481 e. The average molecular weight is 1120 g/mol. The fraction of sp³-hybridized carbons (Fsp3) is 0.822. The highest BCUT2D eigenvalue weighted by Crippen LogP contribution is 2.61. The number of hydrogen-bond acceptors (Lipinski definition) is 18. The number of anilines is 1. The first-order valence-electron chi connectivity index (χ1n) is 25.5. The summed E-state index contributed by atoms with van der Waals surface area (Å²) in [4.78, 5) is 88.6. The van der Waals surface area contributed by atoms with Crippen molar-refractivity contribution in [1.29, 1.82) is 0 Å². The van der Waals surface area contributed by atoms with Gasteiger partial charge in [-0.1, -0.05) is 155 Å². The normalized spacial score (nSPS) is 19.9. The Morgan fingerprint density at radius 2 is 1.40 bits per heavy atom. The highest BCUT2D eigenvalue weighted by atomic mass is 32.2. The lowest BCUT2D eigenvalue weighted by Crippen LogP contribution is -2.46. The van der Waals surface area contributed by atoms with Gasteiger partial charge in [0.2, 0.25) is 11.8 Å². The summed E-state index contributed by atoms with van der Waals surface area (Å²) in [5, 5.41) is 26.7. The van der Waals surface area contributed by atoms with Crippen LogP contribution >= 0.6 is 35.2 Å². The minimum absolute atomic E-state index is 0.0344. The number of aliphatic hydroxyl groups excluding tert-OH is 2. The van der Waals surface area contributed by atoms with Gasteiger partial charge in [0.25, 0.3) is 0 Å². The molecular weight excluding hydrogens is 1040 g/mol. The standard InChI is InChI=1S/C45H82N7O17P3S/c1-5-6-7-16-19-22-33(2)23-20-17-14-12-10-8-9-11-13-15-18-21-24-36(54)73-28-27-47-35(53)25-26-48-43(57)40(56)45(3,4)30-66-72(63,64)69-71(61,62)65-29-34-39(68-70(58,59)60)38(55)44(67-34)52-32-51-37-41(46)49-31-50-42(37)52/h31-34,38-40,44,55-56H,5-30H2,1-4H3,(H,47,53)(H,48,57)(H,61,62)(H,63,64)(H2,46,49,50)(H2,58,59,60). The first-order chi connectivity index (χ1) is 34.4. The molecule has 2 amide bonds. The minimum Gasteiger partial charge on any atom is -0.386 e. The van der Waals surface area contributed by atoms with E-state index in [2.05, 4.69) is 48.3 Å². The van der Waals surface area contributed by atoms with E-state index in [-0.39, 0.29) is 41.6 Å². The maximum Gasteiger partial charge on any atom is 0.481 e. The highest BCUT2D eigenvalue weighted by Gasteiger charge is 2.50. The quantitative estimate of drug-likeness (QED) is 0.0237. The van der Waals surface area contributed by atoms with Crippen LogP contribution in [0.1, 0.15) is 169 Å². The fourth-order valence-corrected chi connectivity index (χ4v) is 11.7. The van der Waals surface area contributed by atoms with Crippen molar-refractivity contribution in [1.82, 2.24) is 30.2 Å². The van der Waals surface area contributed by atoms with Gasteiger partial charge in [0.1, 0.15) is 36.3 Å². The zero-order valence-electron chi connectivity index (χ0n) is 42.8. The zero-order chi connectivity index (χ0) is 54.1. The third-order valence-electron chi connectivity index (χ3n) is 12.4. The lowest BCUT2D eigenvalue weighted by Gasteiger charge is -2.30. The van der Waals surface area contributed by atoms with E-state index in [1.807, 2.05) is 0 Å². The Bertz CT molecular complexity index is 2120. The summed E-state index contributed by atoms with van der Waals surface area (Å²) in [6.07, 6.45) is 17.9. The molecule has 2 aromatic rings. The van der Waals surface area contributed by atoms with Crippen LogP contribution in [0, 0.1) is 11.3 Å². The van der Waals surface area contributed by atoms with Crippen molar-refractivity contribution >= 4 is 69.1 Å². The Hall–Kier alpha value is -2.44. The predicted octanol–water partition coefficient (Wildman–Crippen LogP) is 7.12. The van der Waals surface area contributed by atoms with E-state index in [0.29, 0.717) is 12.2 Å². The molecule has 73 heavy (non-hydrogen) atoms. The number of nitrogens with one attached hydrogen (secondary N) is 2. The number of nitrogens with two attached hydrogens (primary N) is 1. The van der Waals surface area contributed by atoms with Gasteiger partial charge in [-0.15, -0.1) is 0 Å². The predicted molar refractivity (Wildman–Crippen MR) is 274 cm³/mol. The molecule has 0 aliphatic carbocycles. The molecule has 24 nitrogen and oxygen atoms in total. The van der Waals surface area contributed by atoms with Gasteiger partial charge in [-0.3, -0.25) is 32.5 Å². The van der Waals surface area contributed by atoms with Crippen LogP contribution in [-0.4, -0.2) is 123 Å². The molecule has 0 aromatic carbocycles. The second kappa shape index (κ2) is 33.0. The van der Waals surface area contributed by atoms with Crippen LogP contribution in [0.15, 0.2) is 12.7 Å². The number of fused-ring (bicyclic) bond motifs is 1. The number of phosphoric acid groups is 3. The van der Waals surface area contributed by atoms with Crippen molar-refractivity contribution in [3.8, 4) is 0 Å². The summed E-state index contributed by atoms with van der Waals surface area (Å²) in [5.74, 6) is -0.147. The second-order valence-corrected chi connectivity index (χ2v) is 24.8. The molecular formula is C45H82N7O17P3S. The molecule has 1 saturated heterocycles. The molecule has 10 N–H and O–H groups in total. The number of carbonyl (C=O) groups excluding carboxylic acids is 3. The lowest BCUT2D eigenvalue weighted by molar-refractivity contribution is -0.137. The van der Waals surface area contributed by atoms with Crippen molar-refractivity contribution in [3.05, 3.63) is 12.7 Å². The molecule has 0 saturated carbocycles. The molecule has 8 unspecified atom stereocenters. The number of nitrogens with zero attached hydrogens (tertiary/aromatic N) is 4. The van der Waals surface area contributed by atoms with E-state index in [1.54, 1.807) is 0 Å². The lowest BCUT2D eigenvalue weighted by atomic mass is 9.87. The van der Waals surface area contributed by atoms with Gasteiger partial charge in [0.15, 0.2) is 22.8 Å². The van der Waals surface area contributed by atoms with Gasteiger partial charge in [-0.05, 0) is 12.3 Å². The third-order valence-corrected chi connectivity index (χ3v) is 16.4. The Kier molecular flexibility index (Phi) is 29.3. The van der Waals surface area contributed by atoms with Gasteiger partial charge in [0, 0.05) is 37.1 Å². The Balaban J connectivity index is 1.23. The summed E-state index contributed by atoms with van der Waals surface area (Å²) >= 11 is 1.16. The molecule has 3 heterocycles. The Labute approximate surface area is 433 Å². The number of unbranched alkanes of at least 4 members (excludes halogenated alkanes) is 15. The van der Waals surface area contributed by atoms with E-state index in [0.717, 1.165) is 54.2 Å². The smallest absolute Gasteiger partial charge is 0.386 e. The van der Waals surface area contributed by atoms with Crippen LogP contribution in [0.2, 0.25) is 0 Å². The fourth-order valence-electron chi connectivity index (χ4n) is 8.14. The van der Waals surface area contributed by atoms with Crippen LogP contribution in [0.5, 0.6) is 0 Å². The topological polar surface area (TPSA) is 364 Å². The summed E-state index contributed by atoms with van der Waals surface area (Å²) in [5.41, 5.74) is 4.30. The second-order valence-electron chi connectivity index (χ2n) is 19.4. The first kappa shape index (κ1) is 64.8. The summed E-state index contributed by atoms with van der Waals surface area (Å²) in [6, 6.07) is 0. The maximum absolute atomic E-state index is 12.8. The molecule has 1 aliphatic heterocycles. The summed E-state index contributed by atoms with van der Waals surface area (Å²) in [7, 11) is -16.4. The van der Waals surface area contributed by atoms with Crippen molar-refractivity contribution in [2.45, 2.75) is 193 Å². The molecule has 0 bridgehead atoms. The van der Waals surface area contributed by atoms with Gasteiger partial charge < -0.3 is 50.9 Å². The van der Waals surface area contributed by atoms with Crippen molar-refractivity contribution in [3.63, 3.8) is 0 Å². The van der Waals surface area contributed by atoms with Gasteiger partial charge in [-0.2, -0.15) is 4.31 Å². The molecule has 1 aliphatic rings. The molecule has 0 radical (unpaired) electrons. The van der Waals surface area contributed by atoms with E-state index >= 15 is 0 Å². The third kappa shape index (κ3) is 25.5. The molecule has 8 atom stereocenters. The maximum atomic E-state index is 12.8. The number of aliphatic hydroxyl groups is 2.